The van der Waals surface area contributed by atoms with Gasteiger partial charge in [-0.25, -0.2) is 4.79 Å². The van der Waals surface area contributed by atoms with Crippen LogP contribution in [0.5, 0.6) is 5.75 Å². The topological polar surface area (TPSA) is 35.5 Å². The number of benzene rings is 1. The lowest BCUT2D eigenvalue weighted by atomic mass is 10.1. The number of rotatable bonds is 5. The summed E-state index contributed by atoms with van der Waals surface area (Å²) < 4.78 is 10.4. The largest absolute Gasteiger partial charge is 0.497 e. The first-order valence-electron chi connectivity index (χ1n) is 7.63. The summed E-state index contributed by atoms with van der Waals surface area (Å²) in [6.45, 7) is 6.01. The second-order valence-corrected chi connectivity index (χ2v) is 9.95. The van der Waals surface area contributed by atoms with Gasteiger partial charge in [0.25, 0.3) is 0 Å². The van der Waals surface area contributed by atoms with Crippen LogP contribution in [-0.4, -0.2) is 28.3 Å². The van der Waals surface area contributed by atoms with Gasteiger partial charge in [0.15, 0.2) is 0 Å². The molecule has 0 radical (unpaired) electrons. The Labute approximate surface area is 133 Å². The molecule has 1 aliphatic heterocycles. The van der Waals surface area contributed by atoms with Crippen LogP contribution in [0.3, 0.4) is 0 Å². The average Bonchev–Trinajstić information content (AvgIpc) is 2.54. The fraction of sp³-hybridized carbons (Fsp3) is 0.389. The monoisotopic (exact) mass is 316 g/mol. The molecular weight excluding hydrogens is 292 g/mol. The van der Waals surface area contributed by atoms with Crippen LogP contribution in [-0.2, 0) is 9.53 Å². The number of hydrogen-bond acceptors (Lipinski definition) is 3. The third kappa shape index (κ3) is 2.88. The zero-order valence-electron chi connectivity index (χ0n) is 13.6. The second-order valence-electron chi connectivity index (χ2n) is 5.80. The maximum absolute atomic E-state index is 12.5. The summed E-state index contributed by atoms with van der Waals surface area (Å²) in [5, 5.41) is 2.19. The molecule has 0 fully saturated rings. The van der Waals surface area contributed by atoms with E-state index in [2.05, 4.69) is 25.6 Å². The van der Waals surface area contributed by atoms with Gasteiger partial charge in [-0.2, -0.15) is 0 Å². The molecule has 0 saturated heterocycles. The molecule has 0 bridgehead atoms. The van der Waals surface area contributed by atoms with E-state index in [9.17, 15) is 4.79 Å². The van der Waals surface area contributed by atoms with Crippen molar-refractivity contribution in [3.05, 3.63) is 47.7 Å². The predicted molar refractivity (Wildman–Crippen MR) is 92.1 cm³/mol. The summed E-state index contributed by atoms with van der Waals surface area (Å²) in [6.07, 6.45) is 4.06. The lowest BCUT2D eigenvalue weighted by Crippen LogP contribution is -2.53. The smallest absolute Gasteiger partial charge is 0.330 e. The van der Waals surface area contributed by atoms with Gasteiger partial charge < -0.3 is 9.47 Å². The summed E-state index contributed by atoms with van der Waals surface area (Å²) in [4.78, 5) is 12.5. The Morgan fingerprint density at radius 1 is 1.32 bits per heavy atom. The highest BCUT2D eigenvalue weighted by Gasteiger charge is 2.44. The predicted octanol–water partition coefficient (Wildman–Crippen LogP) is 3.36. The summed E-state index contributed by atoms with van der Waals surface area (Å²) in [5.41, 5.74) is 1.18. The van der Waals surface area contributed by atoms with Crippen molar-refractivity contribution in [1.82, 2.24) is 0 Å². The van der Waals surface area contributed by atoms with Crippen LogP contribution in [0.15, 0.2) is 47.7 Å². The van der Waals surface area contributed by atoms with Gasteiger partial charge in [-0.3, -0.25) is 0 Å². The molecule has 0 aliphatic carbocycles. The quantitative estimate of drug-likeness (QED) is 0.475. The fourth-order valence-corrected chi connectivity index (χ4v) is 8.54. The molecule has 118 valence electrons. The number of ether oxygens (including phenoxy) is 2. The zero-order valence-corrected chi connectivity index (χ0v) is 14.6. The SMILES string of the molecule is C=CC[Si@@]1(c2ccc(OC)cc2)CCCC(C)=C1C(=O)OC. The lowest BCUT2D eigenvalue weighted by Gasteiger charge is -2.37. The standard InChI is InChI=1S/C18H24O3Si/c1-5-12-22(16-10-8-15(20-3)9-11-16)13-6-7-14(2)17(22)18(19)21-4/h5,8-11H,1,6-7,12-13H2,2-4H3/t22-/m0/s1. The first-order chi connectivity index (χ1) is 10.6. The lowest BCUT2D eigenvalue weighted by molar-refractivity contribution is -0.135. The summed E-state index contributed by atoms with van der Waals surface area (Å²) in [7, 11) is 0.994. The molecule has 2 rings (SSSR count). The molecule has 1 aromatic carbocycles. The molecule has 0 amide bonds. The third-order valence-corrected chi connectivity index (χ3v) is 9.80. The number of allylic oxidation sites excluding steroid dienone is 2. The number of methoxy groups -OCH3 is 2. The van der Waals surface area contributed by atoms with E-state index in [-0.39, 0.29) is 5.97 Å². The van der Waals surface area contributed by atoms with Crippen molar-refractivity contribution in [1.29, 1.82) is 0 Å². The Morgan fingerprint density at radius 3 is 2.55 bits per heavy atom. The van der Waals surface area contributed by atoms with E-state index in [4.69, 9.17) is 9.47 Å². The van der Waals surface area contributed by atoms with Crippen molar-refractivity contribution in [2.45, 2.75) is 31.9 Å². The van der Waals surface area contributed by atoms with Crippen LogP contribution in [0.25, 0.3) is 0 Å². The Bertz CT molecular complexity index is 589. The van der Waals surface area contributed by atoms with E-state index in [1.54, 1.807) is 7.11 Å². The molecule has 0 N–H and O–H groups in total. The van der Waals surface area contributed by atoms with Crippen LogP contribution in [0.1, 0.15) is 19.8 Å². The van der Waals surface area contributed by atoms with Gasteiger partial charge in [0, 0.05) is 5.20 Å². The summed E-state index contributed by atoms with van der Waals surface area (Å²) in [5.74, 6) is 0.671. The first kappa shape index (κ1) is 16.6. The zero-order chi connectivity index (χ0) is 16.2. The third-order valence-electron chi connectivity index (χ3n) is 4.59. The van der Waals surface area contributed by atoms with Crippen LogP contribution in [0.2, 0.25) is 12.1 Å². The fourth-order valence-electron chi connectivity index (χ4n) is 3.55. The van der Waals surface area contributed by atoms with Crippen molar-refractivity contribution >= 4 is 19.2 Å². The highest BCUT2D eigenvalue weighted by atomic mass is 28.3. The Hall–Kier alpha value is -1.81. The highest BCUT2D eigenvalue weighted by Crippen LogP contribution is 2.36. The van der Waals surface area contributed by atoms with Crippen molar-refractivity contribution in [2.75, 3.05) is 14.2 Å². The highest BCUT2D eigenvalue weighted by molar-refractivity contribution is 7.01. The van der Waals surface area contributed by atoms with Crippen LogP contribution in [0, 0.1) is 0 Å². The van der Waals surface area contributed by atoms with Gasteiger partial charge in [0.1, 0.15) is 13.8 Å². The van der Waals surface area contributed by atoms with E-state index in [0.717, 1.165) is 35.9 Å². The van der Waals surface area contributed by atoms with E-state index in [0.29, 0.717) is 0 Å². The van der Waals surface area contributed by atoms with Crippen molar-refractivity contribution < 1.29 is 14.3 Å². The Kier molecular flexibility index (Phi) is 5.24. The molecule has 4 heteroatoms. The van der Waals surface area contributed by atoms with Crippen molar-refractivity contribution in [2.24, 2.45) is 0 Å². The minimum absolute atomic E-state index is 0.165. The second kappa shape index (κ2) is 6.96. The van der Waals surface area contributed by atoms with E-state index >= 15 is 0 Å². The van der Waals surface area contributed by atoms with Gasteiger partial charge in [0.05, 0.1) is 14.2 Å². The number of esters is 1. The minimum Gasteiger partial charge on any atom is -0.497 e. The van der Waals surface area contributed by atoms with Crippen LogP contribution >= 0.6 is 0 Å². The summed E-state index contributed by atoms with van der Waals surface area (Å²) >= 11 is 0. The molecule has 1 atom stereocenters. The molecule has 0 unspecified atom stereocenters. The van der Waals surface area contributed by atoms with Gasteiger partial charge in [-0.15, -0.1) is 6.58 Å². The van der Waals surface area contributed by atoms with Gasteiger partial charge >= 0.3 is 5.97 Å². The van der Waals surface area contributed by atoms with Crippen LogP contribution in [0.4, 0.5) is 0 Å². The van der Waals surface area contributed by atoms with Gasteiger partial charge in [-0.05, 0) is 37.6 Å². The number of carbonyl (C=O) groups is 1. The average molecular weight is 316 g/mol. The molecule has 0 aromatic heterocycles. The molecule has 1 heterocycles. The maximum atomic E-state index is 12.5. The molecular formula is C18H24O3Si. The van der Waals surface area contributed by atoms with Crippen LogP contribution < -0.4 is 9.92 Å². The van der Waals surface area contributed by atoms with E-state index in [1.165, 1.54) is 17.9 Å². The molecule has 1 aliphatic rings. The normalized spacial score (nSPS) is 21.4. The van der Waals surface area contributed by atoms with E-state index in [1.807, 2.05) is 18.2 Å². The summed E-state index contributed by atoms with van der Waals surface area (Å²) in [6, 6.07) is 10.1. The van der Waals surface area contributed by atoms with E-state index < -0.39 is 8.07 Å². The van der Waals surface area contributed by atoms with Gasteiger partial charge in [-0.1, -0.05) is 35.4 Å². The number of hydrogen-bond donors (Lipinski definition) is 0. The molecule has 1 aromatic rings. The maximum Gasteiger partial charge on any atom is 0.330 e. The molecule has 0 spiro atoms. The number of carbonyl (C=O) groups excluding carboxylic acids is 1. The first-order valence-corrected chi connectivity index (χ1v) is 10.0. The van der Waals surface area contributed by atoms with Crippen molar-refractivity contribution in [3.8, 4) is 5.75 Å². The Balaban J connectivity index is 2.60. The Morgan fingerprint density at radius 2 is 2.00 bits per heavy atom. The molecule has 3 nitrogen and oxygen atoms in total. The van der Waals surface area contributed by atoms with Gasteiger partial charge in [0.2, 0.25) is 0 Å². The van der Waals surface area contributed by atoms with Crippen molar-refractivity contribution in [3.63, 3.8) is 0 Å². The minimum atomic E-state index is -2.14. The molecule has 0 saturated carbocycles. The molecule has 22 heavy (non-hydrogen) atoms.